The minimum atomic E-state index is -0.300. The third-order valence-corrected chi connectivity index (χ3v) is 7.01. The summed E-state index contributed by atoms with van der Waals surface area (Å²) in [5.41, 5.74) is 3.90. The molecule has 0 unspecified atom stereocenters. The van der Waals surface area contributed by atoms with Crippen LogP contribution in [0, 0.1) is 5.41 Å². The standard InChI is InChI=1S/C28H34N4O5/c1-7-36-24-11-19-13-32(27(29)20(19)8-18(24)12-25(35)30-5)14-23(34)17-9-21-26(37-15-28(21,3)4)22(10-17)31(6)16(2)33/h8-11,29H,7,12-15H2,1-6H3,(H,30,35). The van der Waals surface area contributed by atoms with Crippen molar-refractivity contribution in [1.29, 1.82) is 5.41 Å². The van der Waals surface area contributed by atoms with Gasteiger partial charge < -0.3 is 24.6 Å². The molecular weight excluding hydrogens is 472 g/mol. The molecule has 0 spiro atoms. The number of hydrogen-bond acceptors (Lipinski definition) is 6. The van der Waals surface area contributed by atoms with Crippen LogP contribution in [-0.4, -0.2) is 62.2 Å². The Bertz CT molecular complexity index is 1300. The van der Waals surface area contributed by atoms with Crippen molar-refractivity contribution < 1.29 is 23.9 Å². The maximum absolute atomic E-state index is 13.5. The van der Waals surface area contributed by atoms with E-state index < -0.39 is 0 Å². The highest BCUT2D eigenvalue weighted by Gasteiger charge is 2.36. The molecule has 0 aromatic heterocycles. The van der Waals surface area contributed by atoms with Gasteiger partial charge in [-0.15, -0.1) is 0 Å². The van der Waals surface area contributed by atoms with Crippen LogP contribution in [0.3, 0.4) is 0 Å². The van der Waals surface area contributed by atoms with Crippen molar-refractivity contribution in [2.45, 2.75) is 46.1 Å². The Morgan fingerprint density at radius 3 is 2.59 bits per heavy atom. The van der Waals surface area contributed by atoms with E-state index in [0.29, 0.717) is 53.6 Å². The Labute approximate surface area is 217 Å². The quantitative estimate of drug-likeness (QED) is 0.533. The lowest BCUT2D eigenvalue weighted by molar-refractivity contribution is -0.120. The number of amides is 2. The lowest BCUT2D eigenvalue weighted by atomic mass is 9.85. The lowest BCUT2D eigenvalue weighted by Crippen LogP contribution is -2.31. The third kappa shape index (κ3) is 4.90. The normalized spacial score (nSPS) is 15.1. The van der Waals surface area contributed by atoms with Crippen LogP contribution in [0.5, 0.6) is 11.5 Å². The van der Waals surface area contributed by atoms with E-state index in [4.69, 9.17) is 14.9 Å². The van der Waals surface area contributed by atoms with Gasteiger partial charge in [0.15, 0.2) is 5.78 Å². The number of amidine groups is 1. The Hall–Kier alpha value is -3.88. The van der Waals surface area contributed by atoms with Crippen LogP contribution in [0.4, 0.5) is 5.69 Å². The average Bonchev–Trinajstić information content (AvgIpc) is 3.33. The highest BCUT2D eigenvalue weighted by Crippen LogP contribution is 2.45. The number of anilines is 1. The van der Waals surface area contributed by atoms with Crippen molar-refractivity contribution in [2.75, 3.05) is 38.8 Å². The maximum Gasteiger partial charge on any atom is 0.224 e. The summed E-state index contributed by atoms with van der Waals surface area (Å²) in [6, 6.07) is 7.23. The van der Waals surface area contributed by atoms with Gasteiger partial charge in [-0.2, -0.15) is 0 Å². The number of nitrogens with one attached hydrogen (secondary N) is 2. The van der Waals surface area contributed by atoms with Gasteiger partial charge in [0, 0.05) is 55.2 Å². The Kier molecular flexibility index (Phi) is 6.99. The molecule has 2 amide bonds. The van der Waals surface area contributed by atoms with E-state index >= 15 is 0 Å². The molecule has 2 N–H and O–H groups in total. The number of benzene rings is 2. The van der Waals surface area contributed by atoms with Gasteiger partial charge in [0.1, 0.15) is 17.3 Å². The zero-order valence-corrected chi connectivity index (χ0v) is 22.3. The molecule has 0 radical (unpaired) electrons. The van der Waals surface area contributed by atoms with E-state index in [9.17, 15) is 14.4 Å². The minimum Gasteiger partial charge on any atom is -0.494 e. The number of hydrogen-bond donors (Lipinski definition) is 2. The molecule has 2 aromatic rings. The first kappa shape index (κ1) is 26.2. The summed E-state index contributed by atoms with van der Waals surface area (Å²) in [7, 11) is 3.25. The van der Waals surface area contributed by atoms with Gasteiger partial charge in [-0.05, 0) is 36.8 Å². The summed E-state index contributed by atoms with van der Waals surface area (Å²) >= 11 is 0. The first-order chi connectivity index (χ1) is 17.5. The molecule has 9 heteroatoms. The van der Waals surface area contributed by atoms with Crippen LogP contribution in [0.25, 0.3) is 0 Å². The number of Topliss-reactive ketones (excluding diaryl/α,β-unsaturated/α-hetero) is 1. The van der Waals surface area contributed by atoms with Crippen LogP contribution in [0.2, 0.25) is 0 Å². The zero-order valence-electron chi connectivity index (χ0n) is 22.3. The molecular formula is C28H34N4O5. The number of carbonyl (C=O) groups excluding carboxylic acids is 3. The van der Waals surface area contributed by atoms with E-state index in [1.165, 1.54) is 11.8 Å². The molecule has 0 saturated carbocycles. The number of fused-ring (bicyclic) bond motifs is 2. The second-order valence-corrected chi connectivity index (χ2v) is 10.2. The average molecular weight is 507 g/mol. The van der Waals surface area contributed by atoms with Gasteiger partial charge in [-0.25, -0.2) is 0 Å². The van der Waals surface area contributed by atoms with Gasteiger partial charge in [0.2, 0.25) is 11.8 Å². The molecule has 2 aliphatic heterocycles. The van der Waals surface area contributed by atoms with Crippen LogP contribution in [0.15, 0.2) is 24.3 Å². The highest BCUT2D eigenvalue weighted by atomic mass is 16.5. The monoisotopic (exact) mass is 506 g/mol. The molecule has 0 aliphatic carbocycles. The SMILES string of the molecule is CCOc1cc2c(cc1CC(=O)NC)C(=N)N(CC(=O)c1cc(N(C)C(C)=O)c3c(c1)C(C)(C)CO3)C2. The number of ketones is 1. The van der Waals surface area contributed by atoms with Crippen molar-refractivity contribution >= 4 is 29.1 Å². The van der Waals surface area contributed by atoms with Crippen LogP contribution >= 0.6 is 0 Å². The number of rotatable bonds is 8. The van der Waals surface area contributed by atoms with E-state index in [-0.39, 0.29) is 41.8 Å². The van der Waals surface area contributed by atoms with Crippen molar-refractivity contribution in [2.24, 2.45) is 0 Å². The largest absolute Gasteiger partial charge is 0.494 e. The number of nitrogens with zero attached hydrogens (tertiary/aromatic N) is 2. The van der Waals surface area contributed by atoms with Gasteiger partial charge in [0.05, 0.1) is 31.9 Å². The highest BCUT2D eigenvalue weighted by molar-refractivity contribution is 6.06. The Morgan fingerprint density at radius 1 is 1.22 bits per heavy atom. The third-order valence-electron chi connectivity index (χ3n) is 7.01. The molecule has 196 valence electrons. The van der Waals surface area contributed by atoms with E-state index in [1.54, 1.807) is 25.1 Å². The van der Waals surface area contributed by atoms with Crippen molar-refractivity contribution in [3.05, 3.63) is 52.1 Å². The van der Waals surface area contributed by atoms with Crippen LogP contribution < -0.4 is 19.7 Å². The van der Waals surface area contributed by atoms with E-state index in [2.05, 4.69) is 5.32 Å². The molecule has 2 aromatic carbocycles. The summed E-state index contributed by atoms with van der Waals surface area (Å²) in [4.78, 5) is 40.9. The Balaban J connectivity index is 1.63. The molecule has 2 aliphatic rings. The fraction of sp³-hybridized carbons (Fsp3) is 0.429. The predicted molar refractivity (Wildman–Crippen MR) is 141 cm³/mol. The van der Waals surface area contributed by atoms with E-state index in [0.717, 1.165) is 11.1 Å². The zero-order chi connectivity index (χ0) is 27.1. The minimum absolute atomic E-state index is 0.00552. The van der Waals surface area contributed by atoms with Crippen LogP contribution in [0.1, 0.15) is 60.3 Å². The molecule has 0 bridgehead atoms. The topological polar surface area (TPSA) is 112 Å². The van der Waals surface area contributed by atoms with Gasteiger partial charge in [-0.1, -0.05) is 13.8 Å². The van der Waals surface area contributed by atoms with E-state index in [1.807, 2.05) is 39.0 Å². The van der Waals surface area contributed by atoms with Crippen molar-refractivity contribution in [3.63, 3.8) is 0 Å². The molecule has 37 heavy (non-hydrogen) atoms. The molecule has 0 atom stereocenters. The fourth-order valence-electron chi connectivity index (χ4n) is 4.74. The summed E-state index contributed by atoms with van der Waals surface area (Å²) in [5, 5.41) is 11.4. The van der Waals surface area contributed by atoms with Gasteiger partial charge in [-0.3, -0.25) is 19.8 Å². The fourth-order valence-corrected chi connectivity index (χ4v) is 4.74. The first-order valence-electron chi connectivity index (χ1n) is 12.4. The Morgan fingerprint density at radius 2 is 1.95 bits per heavy atom. The van der Waals surface area contributed by atoms with Crippen molar-refractivity contribution in [1.82, 2.24) is 10.2 Å². The summed E-state index contributed by atoms with van der Waals surface area (Å²) < 4.78 is 11.7. The predicted octanol–water partition coefficient (Wildman–Crippen LogP) is 3.05. The molecule has 4 rings (SSSR count). The smallest absolute Gasteiger partial charge is 0.224 e. The summed E-state index contributed by atoms with van der Waals surface area (Å²) in [5.74, 6) is 1.02. The molecule has 0 saturated heterocycles. The number of carbonyl (C=O) groups is 3. The maximum atomic E-state index is 13.5. The van der Waals surface area contributed by atoms with Gasteiger partial charge in [0.25, 0.3) is 0 Å². The number of likely N-dealkylation sites (N-methyl/N-ethyl adjacent to an activating group) is 1. The lowest BCUT2D eigenvalue weighted by Gasteiger charge is -2.22. The van der Waals surface area contributed by atoms with Gasteiger partial charge >= 0.3 is 0 Å². The summed E-state index contributed by atoms with van der Waals surface area (Å²) in [6.07, 6.45) is 0.144. The number of ether oxygens (including phenoxy) is 2. The first-order valence-corrected chi connectivity index (χ1v) is 12.4. The van der Waals surface area contributed by atoms with Crippen LogP contribution in [-0.2, 0) is 28.0 Å². The molecule has 2 heterocycles. The van der Waals surface area contributed by atoms with Crippen molar-refractivity contribution in [3.8, 4) is 11.5 Å². The second-order valence-electron chi connectivity index (χ2n) is 10.2. The second kappa shape index (κ2) is 9.88. The molecule has 0 fully saturated rings. The summed E-state index contributed by atoms with van der Waals surface area (Å²) in [6.45, 7) is 8.75. The molecule has 9 nitrogen and oxygen atoms in total.